The lowest BCUT2D eigenvalue weighted by Crippen LogP contribution is -2.60. The van der Waals surface area contributed by atoms with Crippen LogP contribution in [0.3, 0.4) is 0 Å². The molecule has 0 radical (unpaired) electrons. The van der Waals surface area contributed by atoms with Crippen molar-refractivity contribution < 1.29 is 39.8 Å². The van der Waals surface area contributed by atoms with Crippen molar-refractivity contribution >= 4 is 5.91 Å². The number of amides is 1. The predicted octanol–water partition coefficient (Wildman–Crippen LogP) is 10.4. The molecule has 0 saturated carbocycles. The summed E-state index contributed by atoms with van der Waals surface area (Å²) in [5.74, 6) is -0.231. The van der Waals surface area contributed by atoms with E-state index in [1.54, 1.807) is 6.08 Å². The number of carbonyl (C=O) groups excluding carboxylic acids is 1. The van der Waals surface area contributed by atoms with Gasteiger partial charge in [0.05, 0.1) is 25.4 Å². The summed E-state index contributed by atoms with van der Waals surface area (Å²) in [7, 11) is 0. The molecule has 1 rings (SSSR count). The Kier molecular flexibility index (Phi) is 38.0. The molecule has 62 heavy (non-hydrogen) atoms. The molecule has 1 aliphatic rings. The highest BCUT2D eigenvalue weighted by Gasteiger charge is 2.44. The van der Waals surface area contributed by atoms with Gasteiger partial charge in [-0.05, 0) is 103 Å². The highest BCUT2D eigenvalue weighted by molar-refractivity contribution is 5.76. The standard InChI is InChI=1S/C53H85NO8/c1-3-5-7-9-11-13-15-17-19-20-21-22-23-24-25-26-27-28-29-31-33-35-37-39-41-43-49(57)54-46(45-61-53-52(60)51(59)50(58)48(44-55)62-53)47(56)42-40-38-36-34-32-30-18-16-14-12-10-8-6-4-2/h5,7,11,13-14,16-17,19,21-22,24-25,27-28,31-34,40,42,46-48,50-53,55-56,58-60H,3-4,6,8-10,12,15,18,20,23,26,29-30,35-39,41,43-45H2,1-2H3,(H,54,57)/b7-5-,13-11-,16-14+,19-17-,22-21-,25-24-,28-27-,33-31-,34-32+,42-40+. The van der Waals surface area contributed by atoms with Gasteiger partial charge in [0.15, 0.2) is 6.29 Å². The van der Waals surface area contributed by atoms with E-state index in [1.807, 2.05) is 6.08 Å². The zero-order valence-corrected chi connectivity index (χ0v) is 38.3. The van der Waals surface area contributed by atoms with Crippen LogP contribution in [0.2, 0.25) is 0 Å². The van der Waals surface area contributed by atoms with Gasteiger partial charge < -0.3 is 40.3 Å². The van der Waals surface area contributed by atoms with Crippen LogP contribution in [0.25, 0.3) is 0 Å². The maximum atomic E-state index is 13.0. The number of aliphatic hydroxyl groups is 5. The van der Waals surface area contributed by atoms with Crippen LogP contribution in [0.5, 0.6) is 0 Å². The van der Waals surface area contributed by atoms with Crippen molar-refractivity contribution in [3.8, 4) is 0 Å². The maximum absolute atomic E-state index is 13.0. The van der Waals surface area contributed by atoms with Gasteiger partial charge in [-0.3, -0.25) is 4.79 Å². The summed E-state index contributed by atoms with van der Waals surface area (Å²) in [6.07, 6.45) is 55.2. The van der Waals surface area contributed by atoms with Crippen LogP contribution in [-0.4, -0.2) is 87.5 Å². The van der Waals surface area contributed by atoms with E-state index in [-0.39, 0.29) is 18.9 Å². The van der Waals surface area contributed by atoms with Crippen molar-refractivity contribution in [1.82, 2.24) is 5.32 Å². The first kappa shape index (κ1) is 56.6. The number of hydrogen-bond donors (Lipinski definition) is 6. The van der Waals surface area contributed by atoms with Gasteiger partial charge in [-0.25, -0.2) is 0 Å². The van der Waals surface area contributed by atoms with Crippen molar-refractivity contribution in [3.05, 3.63) is 122 Å². The Bertz CT molecular complexity index is 1370. The molecule has 0 aromatic rings. The molecule has 1 heterocycles. The lowest BCUT2D eigenvalue weighted by atomic mass is 9.99. The molecule has 7 atom stereocenters. The van der Waals surface area contributed by atoms with E-state index in [0.717, 1.165) is 89.9 Å². The molecule has 9 nitrogen and oxygen atoms in total. The number of carbonyl (C=O) groups is 1. The van der Waals surface area contributed by atoms with E-state index in [0.29, 0.717) is 12.8 Å². The third kappa shape index (κ3) is 31.4. The Hall–Kier alpha value is -3.41. The van der Waals surface area contributed by atoms with Gasteiger partial charge in [0.25, 0.3) is 0 Å². The molecule has 1 aliphatic heterocycles. The van der Waals surface area contributed by atoms with Gasteiger partial charge in [-0.1, -0.05) is 161 Å². The Morgan fingerprint density at radius 1 is 0.565 bits per heavy atom. The van der Waals surface area contributed by atoms with E-state index in [1.165, 1.54) is 25.7 Å². The molecule has 9 heteroatoms. The number of rotatable bonds is 37. The van der Waals surface area contributed by atoms with Crippen molar-refractivity contribution in [1.29, 1.82) is 0 Å². The molecule has 7 unspecified atom stereocenters. The third-order valence-corrected chi connectivity index (χ3v) is 10.2. The average molecular weight is 864 g/mol. The van der Waals surface area contributed by atoms with Crippen molar-refractivity contribution in [2.75, 3.05) is 13.2 Å². The average Bonchev–Trinajstić information content (AvgIpc) is 3.27. The first-order valence-corrected chi connectivity index (χ1v) is 23.8. The van der Waals surface area contributed by atoms with Crippen LogP contribution in [-0.2, 0) is 14.3 Å². The molecule has 1 saturated heterocycles. The Balaban J connectivity index is 2.39. The van der Waals surface area contributed by atoms with Crippen molar-refractivity contribution in [2.24, 2.45) is 0 Å². The SMILES string of the molecule is CC/C=C\C/C=C\C/C=C\C/C=C\C/C=C\C/C=C\C/C=C\CCCCCC(=O)NC(COC1OC(CO)C(O)C(O)C1O)C(O)/C=C/CC/C=C/CC/C=C/CCCCCC. The van der Waals surface area contributed by atoms with E-state index in [4.69, 9.17) is 9.47 Å². The topological polar surface area (TPSA) is 149 Å². The van der Waals surface area contributed by atoms with Gasteiger partial charge in [-0.2, -0.15) is 0 Å². The first-order chi connectivity index (χ1) is 30.3. The second kappa shape index (κ2) is 41.6. The molecule has 1 amide bonds. The Morgan fingerprint density at radius 3 is 1.52 bits per heavy atom. The van der Waals surface area contributed by atoms with Crippen molar-refractivity contribution in [2.45, 2.75) is 192 Å². The summed E-state index contributed by atoms with van der Waals surface area (Å²) in [4.78, 5) is 13.0. The summed E-state index contributed by atoms with van der Waals surface area (Å²) in [6.45, 7) is 3.56. The zero-order valence-electron chi connectivity index (χ0n) is 38.3. The second-order valence-electron chi connectivity index (χ2n) is 15.8. The van der Waals surface area contributed by atoms with Crippen LogP contribution in [0.15, 0.2) is 122 Å². The summed E-state index contributed by atoms with van der Waals surface area (Å²) < 4.78 is 11.2. The highest BCUT2D eigenvalue weighted by Crippen LogP contribution is 2.22. The lowest BCUT2D eigenvalue weighted by molar-refractivity contribution is -0.302. The first-order valence-electron chi connectivity index (χ1n) is 23.8. The molecule has 6 N–H and O–H groups in total. The molecular weight excluding hydrogens is 779 g/mol. The zero-order chi connectivity index (χ0) is 45.1. The monoisotopic (exact) mass is 864 g/mol. The van der Waals surface area contributed by atoms with Gasteiger partial charge in [0.2, 0.25) is 5.91 Å². The number of unbranched alkanes of at least 4 members (excludes halogenated alkanes) is 9. The van der Waals surface area contributed by atoms with Crippen LogP contribution in [0.4, 0.5) is 0 Å². The normalized spacial score (nSPS) is 21.4. The van der Waals surface area contributed by atoms with Crippen LogP contribution in [0, 0.1) is 0 Å². The lowest BCUT2D eigenvalue weighted by Gasteiger charge is -2.40. The molecule has 0 bridgehead atoms. The fourth-order valence-corrected chi connectivity index (χ4v) is 6.46. The largest absolute Gasteiger partial charge is 0.394 e. The minimum Gasteiger partial charge on any atom is -0.394 e. The number of allylic oxidation sites excluding steroid dienone is 19. The van der Waals surface area contributed by atoms with Gasteiger partial charge in [-0.15, -0.1) is 0 Å². The molecule has 0 aromatic heterocycles. The van der Waals surface area contributed by atoms with Crippen LogP contribution >= 0.6 is 0 Å². The van der Waals surface area contributed by atoms with E-state index >= 15 is 0 Å². The molecular formula is C53H85NO8. The van der Waals surface area contributed by atoms with E-state index < -0.39 is 49.5 Å². The number of aliphatic hydroxyl groups excluding tert-OH is 5. The summed E-state index contributed by atoms with van der Waals surface area (Å²) >= 11 is 0. The minimum absolute atomic E-state index is 0.229. The Labute approximate surface area is 376 Å². The van der Waals surface area contributed by atoms with Crippen LogP contribution in [0.1, 0.15) is 149 Å². The second-order valence-corrected chi connectivity index (χ2v) is 15.8. The molecule has 1 fully saturated rings. The van der Waals surface area contributed by atoms with Gasteiger partial charge in [0.1, 0.15) is 24.4 Å². The number of nitrogens with one attached hydrogen (secondary N) is 1. The molecule has 0 aliphatic carbocycles. The minimum atomic E-state index is -1.59. The quantitative estimate of drug-likeness (QED) is 0.0267. The number of ether oxygens (including phenoxy) is 2. The van der Waals surface area contributed by atoms with Gasteiger partial charge >= 0.3 is 0 Å². The molecule has 0 spiro atoms. The maximum Gasteiger partial charge on any atom is 0.220 e. The predicted molar refractivity (Wildman–Crippen MR) is 257 cm³/mol. The fourth-order valence-electron chi connectivity index (χ4n) is 6.46. The summed E-state index contributed by atoms with van der Waals surface area (Å²) in [5.41, 5.74) is 0. The van der Waals surface area contributed by atoms with Crippen LogP contribution < -0.4 is 5.32 Å². The fraction of sp³-hybridized carbons (Fsp3) is 0.604. The van der Waals surface area contributed by atoms with E-state index in [9.17, 15) is 30.3 Å². The van der Waals surface area contributed by atoms with Gasteiger partial charge in [0, 0.05) is 6.42 Å². The highest BCUT2D eigenvalue weighted by atomic mass is 16.7. The smallest absolute Gasteiger partial charge is 0.220 e. The van der Waals surface area contributed by atoms with E-state index in [2.05, 4.69) is 129 Å². The summed E-state index contributed by atoms with van der Waals surface area (Å²) in [5, 5.41) is 54.1. The summed E-state index contributed by atoms with van der Waals surface area (Å²) in [6, 6.07) is -0.854. The Morgan fingerprint density at radius 2 is 1.02 bits per heavy atom. The van der Waals surface area contributed by atoms with Crippen molar-refractivity contribution in [3.63, 3.8) is 0 Å². The third-order valence-electron chi connectivity index (χ3n) is 10.2. The number of hydrogen-bond acceptors (Lipinski definition) is 8. The molecule has 350 valence electrons. The molecule has 0 aromatic carbocycles.